The van der Waals surface area contributed by atoms with E-state index in [1.807, 2.05) is 0 Å². The molecule has 2 unspecified atom stereocenters. The summed E-state index contributed by atoms with van der Waals surface area (Å²) in [4.78, 5) is 6.46. The van der Waals surface area contributed by atoms with Gasteiger partial charge in [0.1, 0.15) is 10.3 Å². The Hall–Kier alpha value is -0.470. The Bertz CT molecular complexity index is 693. The number of ether oxygens (including phenoxy) is 2. The number of guanidine groups is 1. The minimum atomic E-state index is -3.43. The molecule has 2 saturated heterocycles. The highest BCUT2D eigenvalue weighted by molar-refractivity contribution is 14.0. The van der Waals surface area contributed by atoms with Gasteiger partial charge in [0.15, 0.2) is 5.96 Å². The van der Waals surface area contributed by atoms with E-state index in [9.17, 15) is 8.42 Å². The molecule has 2 fully saturated rings. The van der Waals surface area contributed by atoms with Crippen molar-refractivity contribution >= 4 is 51.3 Å². The molecule has 0 bridgehead atoms. The largest absolute Gasteiger partial charge is 0.375 e. The van der Waals surface area contributed by atoms with Crippen molar-refractivity contribution in [3.05, 3.63) is 17.5 Å². The first-order valence-electron chi connectivity index (χ1n) is 8.82. The molecule has 2 N–H and O–H groups in total. The summed E-state index contributed by atoms with van der Waals surface area (Å²) in [5.41, 5.74) is 0. The van der Waals surface area contributed by atoms with E-state index in [1.54, 1.807) is 24.6 Å². The molecule has 1 aromatic heterocycles. The van der Waals surface area contributed by atoms with Gasteiger partial charge in [-0.3, -0.25) is 4.99 Å². The van der Waals surface area contributed by atoms with Crippen molar-refractivity contribution in [2.75, 3.05) is 46.4 Å². The lowest BCUT2D eigenvalue weighted by Gasteiger charge is -2.37. The van der Waals surface area contributed by atoms with E-state index in [0.29, 0.717) is 23.9 Å². The van der Waals surface area contributed by atoms with E-state index in [2.05, 4.69) is 19.9 Å². The molecule has 27 heavy (non-hydrogen) atoms. The van der Waals surface area contributed by atoms with Gasteiger partial charge in [-0.25, -0.2) is 13.1 Å². The molecule has 0 radical (unpaired) electrons. The lowest BCUT2D eigenvalue weighted by atomic mass is 10.1. The molecule has 0 saturated carbocycles. The van der Waals surface area contributed by atoms with Crippen LogP contribution < -0.4 is 10.0 Å². The summed E-state index contributed by atoms with van der Waals surface area (Å²) in [6.45, 7) is 3.67. The van der Waals surface area contributed by atoms with Crippen LogP contribution in [0.5, 0.6) is 0 Å². The van der Waals surface area contributed by atoms with Crippen LogP contribution in [0.15, 0.2) is 26.7 Å². The molecule has 2 aliphatic rings. The van der Waals surface area contributed by atoms with E-state index in [0.717, 1.165) is 38.5 Å². The highest BCUT2D eigenvalue weighted by Crippen LogP contribution is 2.21. The average molecular weight is 530 g/mol. The predicted molar refractivity (Wildman–Crippen MR) is 117 cm³/mol. The SMILES string of the molecule is CN=C(NCCNS(=O)(=O)c1cccs1)N1CCOC(C2CCCO2)C1.I. The first-order valence-corrected chi connectivity index (χ1v) is 11.2. The fraction of sp³-hybridized carbons (Fsp3) is 0.688. The number of nitrogens with one attached hydrogen (secondary N) is 2. The molecule has 0 aliphatic carbocycles. The Labute approximate surface area is 181 Å². The van der Waals surface area contributed by atoms with E-state index < -0.39 is 10.0 Å². The molecule has 2 aliphatic heterocycles. The number of thiophene rings is 1. The summed E-state index contributed by atoms with van der Waals surface area (Å²) in [5, 5.41) is 4.97. The maximum absolute atomic E-state index is 12.1. The van der Waals surface area contributed by atoms with E-state index in [4.69, 9.17) is 9.47 Å². The monoisotopic (exact) mass is 530 g/mol. The van der Waals surface area contributed by atoms with Crippen molar-refractivity contribution in [2.24, 2.45) is 4.99 Å². The van der Waals surface area contributed by atoms with Gasteiger partial charge in [0.25, 0.3) is 0 Å². The second kappa shape index (κ2) is 10.9. The van der Waals surface area contributed by atoms with Crippen molar-refractivity contribution < 1.29 is 17.9 Å². The Balaban J connectivity index is 0.00000261. The molecule has 3 rings (SSSR count). The van der Waals surface area contributed by atoms with Gasteiger partial charge in [0.05, 0.1) is 12.7 Å². The van der Waals surface area contributed by atoms with Crippen LogP contribution in [0.2, 0.25) is 0 Å². The van der Waals surface area contributed by atoms with Gasteiger partial charge < -0.3 is 19.7 Å². The topological polar surface area (TPSA) is 92.3 Å². The van der Waals surface area contributed by atoms with Crippen LogP contribution in [0.25, 0.3) is 0 Å². The molecule has 11 heteroatoms. The van der Waals surface area contributed by atoms with E-state index >= 15 is 0 Å². The standard InChI is InChI=1S/C16H26N4O4S2.HI/c1-17-16(18-6-7-19-26(21,22)15-5-3-11-25-15)20-8-10-24-14(12-20)13-4-2-9-23-13;/h3,5,11,13-14,19H,2,4,6-10,12H2,1H3,(H,17,18);1H. The molecule has 0 amide bonds. The van der Waals surface area contributed by atoms with Crippen LogP contribution in [0, 0.1) is 0 Å². The fourth-order valence-corrected chi connectivity index (χ4v) is 5.24. The highest BCUT2D eigenvalue weighted by atomic mass is 127. The van der Waals surface area contributed by atoms with Gasteiger partial charge in [-0.1, -0.05) is 6.07 Å². The molecule has 2 atom stereocenters. The van der Waals surface area contributed by atoms with Crippen LogP contribution >= 0.6 is 35.3 Å². The van der Waals surface area contributed by atoms with Crippen LogP contribution in [-0.4, -0.2) is 77.9 Å². The first kappa shape index (κ1) is 22.8. The quantitative estimate of drug-likeness (QED) is 0.248. The first-order chi connectivity index (χ1) is 12.6. The van der Waals surface area contributed by atoms with E-state index in [-0.39, 0.29) is 36.2 Å². The number of hydrogen-bond acceptors (Lipinski definition) is 6. The molecule has 8 nitrogen and oxygen atoms in total. The smallest absolute Gasteiger partial charge is 0.250 e. The molecule has 154 valence electrons. The lowest BCUT2D eigenvalue weighted by molar-refractivity contribution is -0.0816. The van der Waals surface area contributed by atoms with Crippen molar-refractivity contribution in [1.29, 1.82) is 0 Å². The third-order valence-corrected chi connectivity index (χ3v) is 7.30. The highest BCUT2D eigenvalue weighted by Gasteiger charge is 2.32. The number of sulfonamides is 1. The molecule has 0 spiro atoms. The third-order valence-electron chi connectivity index (χ3n) is 4.44. The lowest BCUT2D eigenvalue weighted by Crippen LogP contribution is -2.54. The second-order valence-corrected chi connectivity index (χ2v) is 9.15. The van der Waals surface area contributed by atoms with Crippen LogP contribution in [-0.2, 0) is 19.5 Å². The minimum absolute atomic E-state index is 0. The minimum Gasteiger partial charge on any atom is -0.375 e. The zero-order chi connectivity index (χ0) is 18.4. The van der Waals surface area contributed by atoms with Gasteiger partial charge in [-0.2, -0.15) is 0 Å². The fourth-order valence-electron chi connectivity index (χ4n) is 3.17. The van der Waals surface area contributed by atoms with Crippen molar-refractivity contribution in [3.63, 3.8) is 0 Å². The number of rotatable bonds is 6. The van der Waals surface area contributed by atoms with Crippen molar-refractivity contribution in [1.82, 2.24) is 14.9 Å². The van der Waals surface area contributed by atoms with Crippen LogP contribution in [0.1, 0.15) is 12.8 Å². The van der Waals surface area contributed by atoms with Gasteiger partial charge in [0, 0.05) is 39.8 Å². The molecular formula is C16H27IN4O4S2. The Kier molecular flexibility index (Phi) is 9.22. The zero-order valence-corrected chi connectivity index (χ0v) is 19.3. The molecular weight excluding hydrogens is 503 g/mol. The normalized spacial score (nSPS) is 23.9. The van der Waals surface area contributed by atoms with Gasteiger partial charge >= 0.3 is 0 Å². The maximum Gasteiger partial charge on any atom is 0.250 e. The summed E-state index contributed by atoms with van der Waals surface area (Å²) in [5.74, 6) is 0.756. The van der Waals surface area contributed by atoms with Crippen LogP contribution in [0.3, 0.4) is 0 Å². The molecule has 3 heterocycles. The Morgan fingerprint density at radius 1 is 1.33 bits per heavy atom. The van der Waals surface area contributed by atoms with Gasteiger partial charge in [0.2, 0.25) is 10.0 Å². The van der Waals surface area contributed by atoms with Crippen molar-refractivity contribution in [2.45, 2.75) is 29.3 Å². The Morgan fingerprint density at radius 3 is 2.81 bits per heavy atom. The molecule has 1 aromatic rings. The van der Waals surface area contributed by atoms with Gasteiger partial charge in [-0.15, -0.1) is 35.3 Å². The number of nitrogens with zero attached hydrogens (tertiary/aromatic N) is 2. The summed E-state index contributed by atoms with van der Waals surface area (Å²) in [7, 11) is -1.70. The Morgan fingerprint density at radius 2 is 2.15 bits per heavy atom. The number of hydrogen-bond donors (Lipinski definition) is 2. The summed E-state index contributed by atoms with van der Waals surface area (Å²) in [6, 6.07) is 3.32. The average Bonchev–Trinajstić information content (AvgIpc) is 3.36. The number of aliphatic imine (C=N–C) groups is 1. The van der Waals surface area contributed by atoms with E-state index in [1.165, 1.54) is 11.3 Å². The van der Waals surface area contributed by atoms with Crippen LogP contribution in [0.4, 0.5) is 0 Å². The molecule has 0 aromatic carbocycles. The second-order valence-electron chi connectivity index (χ2n) is 6.21. The predicted octanol–water partition coefficient (Wildman–Crippen LogP) is 1.10. The number of halogens is 1. The maximum atomic E-state index is 12.1. The summed E-state index contributed by atoms with van der Waals surface area (Å²) in [6.07, 6.45) is 2.34. The zero-order valence-electron chi connectivity index (χ0n) is 15.3. The third kappa shape index (κ3) is 6.26. The van der Waals surface area contributed by atoms with Gasteiger partial charge in [-0.05, 0) is 24.3 Å². The van der Waals surface area contributed by atoms with Crippen molar-refractivity contribution in [3.8, 4) is 0 Å². The number of morpholine rings is 1. The summed E-state index contributed by atoms with van der Waals surface area (Å²) < 4.78 is 38.7. The summed E-state index contributed by atoms with van der Waals surface area (Å²) >= 11 is 1.21.